The highest BCUT2D eigenvalue weighted by atomic mass is 16.2. The Hall–Kier alpha value is -1.88. The molecule has 1 aromatic carbocycles. The summed E-state index contributed by atoms with van der Waals surface area (Å²) in [5.74, 6) is 0.229. The van der Waals surface area contributed by atoms with Crippen molar-refractivity contribution in [3.05, 3.63) is 24.3 Å². The van der Waals surface area contributed by atoms with E-state index in [2.05, 4.69) is 10.6 Å². The molecule has 2 N–H and O–H groups in total. The summed E-state index contributed by atoms with van der Waals surface area (Å²) < 4.78 is 0. The molecule has 1 aromatic rings. The maximum absolute atomic E-state index is 12.5. The number of carbonyl (C=O) groups excluding carboxylic acids is 2. The average molecular weight is 301 g/mol. The molecule has 5 nitrogen and oxygen atoms in total. The van der Waals surface area contributed by atoms with Crippen molar-refractivity contribution in [2.75, 3.05) is 30.4 Å². The molecule has 118 valence electrons. The molecule has 0 aromatic heterocycles. The van der Waals surface area contributed by atoms with Crippen LogP contribution in [0.25, 0.3) is 0 Å². The van der Waals surface area contributed by atoms with Crippen molar-refractivity contribution < 1.29 is 9.59 Å². The second kappa shape index (κ2) is 5.72. The molecule has 1 saturated heterocycles. The quantitative estimate of drug-likeness (QED) is 0.897. The molecule has 1 spiro atoms. The Bertz CT molecular complexity index is 593. The molecule has 3 rings (SSSR count). The van der Waals surface area contributed by atoms with Gasteiger partial charge in [0, 0.05) is 31.3 Å². The van der Waals surface area contributed by atoms with E-state index in [1.54, 1.807) is 11.9 Å². The van der Waals surface area contributed by atoms with Gasteiger partial charge in [0.2, 0.25) is 11.8 Å². The lowest BCUT2D eigenvalue weighted by Crippen LogP contribution is -2.31. The summed E-state index contributed by atoms with van der Waals surface area (Å²) in [5, 5.41) is 6.36. The van der Waals surface area contributed by atoms with Crippen LogP contribution in [-0.2, 0) is 9.59 Å². The lowest BCUT2D eigenvalue weighted by molar-refractivity contribution is -0.118. The Kier molecular flexibility index (Phi) is 3.91. The number of anilines is 2. The summed E-state index contributed by atoms with van der Waals surface area (Å²) in [6.45, 7) is 3.56. The summed E-state index contributed by atoms with van der Waals surface area (Å²) in [7, 11) is 1.73. The number of rotatable bonds is 3. The van der Waals surface area contributed by atoms with Gasteiger partial charge >= 0.3 is 0 Å². The fraction of sp³-hybridized carbons (Fsp3) is 0.529. The molecule has 2 aliphatic rings. The monoisotopic (exact) mass is 301 g/mol. The SMILES string of the molecule is CC(=O)N(C)c1cccc(NC(=O)C2CC23CCNCC3)c1. The Labute approximate surface area is 131 Å². The highest BCUT2D eigenvalue weighted by Gasteiger charge is 2.57. The highest BCUT2D eigenvalue weighted by molar-refractivity contribution is 5.96. The molecule has 1 unspecified atom stereocenters. The van der Waals surface area contributed by atoms with E-state index in [9.17, 15) is 9.59 Å². The molecule has 0 radical (unpaired) electrons. The van der Waals surface area contributed by atoms with Crippen LogP contribution in [0.3, 0.4) is 0 Å². The fourth-order valence-electron chi connectivity index (χ4n) is 3.40. The standard InChI is InChI=1S/C17H23N3O2/c1-12(21)20(2)14-5-3-4-13(10-14)19-16(22)15-11-17(15)6-8-18-9-7-17/h3-5,10,15,18H,6-9,11H2,1-2H3,(H,19,22). The van der Waals surface area contributed by atoms with Gasteiger partial charge in [-0.2, -0.15) is 0 Å². The van der Waals surface area contributed by atoms with Gasteiger partial charge in [0.1, 0.15) is 0 Å². The zero-order valence-corrected chi connectivity index (χ0v) is 13.2. The number of benzene rings is 1. The number of hydrogen-bond acceptors (Lipinski definition) is 3. The Morgan fingerprint density at radius 2 is 2.05 bits per heavy atom. The second-order valence-corrected chi connectivity index (χ2v) is 6.49. The second-order valence-electron chi connectivity index (χ2n) is 6.49. The highest BCUT2D eigenvalue weighted by Crippen LogP contribution is 2.58. The molecular weight excluding hydrogens is 278 g/mol. The molecule has 0 bridgehead atoms. The number of amides is 2. The zero-order chi connectivity index (χ0) is 15.7. The van der Waals surface area contributed by atoms with Crippen LogP contribution in [-0.4, -0.2) is 32.0 Å². The number of carbonyl (C=O) groups is 2. The molecule has 2 amide bonds. The van der Waals surface area contributed by atoms with E-state index >= 15 is 0 Å². The van der Waals surface area contributed by atoms with Crippen molar-refractivity contribution in [3.8, 4) is 0 Å². The molecule has 22 heavy (non-hydrogen) atoms. The van der Waals surface area contributed by atoms with Crippen molar-refractivity contribution in [1.29, 1.82) is 0 Å². The van der Waals surface area contributed by atoms with Gasteiger partial charge in [0.15, 0.2) is 0 Å². The molecule has 5 heteroatoms. The first-order valence-corrected chi connectivity index (χ1v) is 7.88. The maximum atomic E-state index is 12.5. The van der Waals surface area contributed by atoms with Gasteiger partial charge in [-0.25, -0.2) is 0 Å². The fourth-order valence-corrected chi connectivity index (χ4v) is 3.40. The number of nitrogens with one attached hydrogen (secondary N) is 2. The van der Waals surface area contributed by atoms with Crippen LogP contribution >= 0.6 is 0 Å². The van der Waals surface area contributed by atoms with Gasteiger partial charge in [-0.3, -0.25) is 9.59 Å². The lowest BCUT2D eigenvalue weighted by Gasteiger charge is -2.23. The van der Waals surface area contributed by atoms with Gasteiger partial charge in [0.25, 0.3) is 0 Å². The van der Waals surface area contributed by atoms with Gasteiger partial charge < -0.3 is 15.5 Å². The first-order chi connectivity index (χ1) is 10.5. The summed E-state index contributed by atoms with van der Waals surface area (Å²) in [4.78, 5) is 25.5. The molecule has 2 fully saturated rings. The maximum Gasteiger partial charge on any atom is 0.228 e. The van der Waals surface area contributed by atoms with Crippen molar-refractivity contribution >= 4 is 23.2 Å². The lowest BCUT2D eigenvalue weighted by atomic mass is 9.92. The summed E-state index contributed by atoms with van der Waals surface area (Å²) in [6, 6.07) is 7.43. The largest absolute Gasteiger partial charge is 0.326 e. The van der Waals surface area contributed by atoms with Crippen LogP contribution in [0.15, 0.2) is 24.3 Å². The predicted molar refractivity (Wildman–Crippen MR) is 86.8 cm³/mol. The van der Waals surface area contributed by atoms with Crippen molar-refractivity contribution in [3.63, 3.8) is 0 Å². The van der Waals surface area contributed by atoms with Crippen molar-refractivity contribution in [2.45, 2.75) is 26.2 Å². The Morgan fingerprint density at radius 1 is 1.32 bits per heavy atom. The smallest absolute Gasteiger partial charge is 0.228 e. The Balaban J connectivity index is 1.65. The molecule has 1 aliphatic heterocycles. The predicted octanol–water partition coefficient (Wildman–Crippen LogP) is 2.00. The molecular formula is C17H23N3O2. The first-order valence-electron chi connectivity index (χ1n) is 7.88. The van der Waals surface area contributed by atoms with E-state index in [0.29, 0.717) is 0 Å². The topological polar surface area (TPSA) is 61.4 Å². The van der Waals surface area contributed by atoms with Crippen LogP contribution in [0.2, 0.25) is 0 Å². The van der Waals surface area contributed by atoms with Crippen LogP contribution in [0, 0.1) is 11.3 Å². The van der Waals surface area contributed by atoms with Crippen LogP contribution in [0.1, 0.15) is 26.2 Å². The molecule has 1 atom stereocenters. The Morgan fingerprint density at radius 3 is 2.73 bits per heavy atom. The number of hydrogen-bond donors (Lipinski definition) is 2. The average Bonchev–Trinajstić information content (AvgIpc) is 3.20. The van der Waals surface area contributed by atoms with Crippen LogP contribution < -0.4 is 15.5 Å². The van der Waals surface area contributed by atoms with Gasteiger partial charge in [-0.15, -0.1) is 0 Å². The van der Waals surface area contributed by atoms with Crippen LogP contribution in [0.4, 0.5) is 11.4 Å². The van der Waals surface area contributed by atoms with Crippen molar-refractivity contribution in [1.82, 2.24) is 5.32 Å². The minimum absolute atomic E-state index is 0.0284. The molecule has 1 saturated carbocycles. The minimum atomic E-state index is -0.0284. The summed E-state index contributed by atoms with van der Waals surface area (Å²) in [5.41, 5.74) is 1.78. The zero-order valence-electron chi connectivity index (χ0n) is 13.2. The van der Waals surface area contributed by atoms with E-state index in [-0.39, 0.29) is 23.1 Å². The van der Waals surface area contributed by atoms with Gasteiger partial charge in [-0.05, 0) is 56.0 Å². The number of nitrogens with zero attached hydrogens (tertiary/aromatic N) is 1. The van der Waals surface area contributed by atoms with E-state index in [1.165, 1.54) is 6.92 Å². The summed E-state index contributed by atoms with van der Waals surface area (Å²) in [6.07, 6.45) is 3.20. The third-order valence-electron chi connectivity index (χ3n) is 5.08. The van der Waals surface area contributed by atoms with Crippen LogP contribution in [0.5, 0.6) is 0 Å². The van der Waals surface area contributed by atoms with Crippen molar-refractivity contribution in [2.24, 2.45) is 11.3 Å². The van der Waals surface area contributed by atoms with E-state index in [4.69, 9.17) is 0 Å². The minimum Gasteiger partial charge on any atom is -0.326 e. The molecule has 1 aliphatic carbocycles. The molecule has 1 heterocycles. The van der Waals surface area contributed by atoms with E-state index in [0.717, 1.165) is 43.7 Å². The third kappa shape index (κ3) is 2.86. The van der Waals surface area contributed by atoms with E-state index < -0.39 is 0 Å². The summed E-state index contributed by atoms with van der Waals surface area (Å²) >= 11 is 0. The van der Waals surface area contributed by atoms with Gasteiger partial charge in [-0.1, -0.05) is 6.07 Å². The normalized spacial score (nSPS) is 22.2. The number of piperidine rings is 1. The van der Waals surface area contributed by atoms with E-state index in [1.807, 2.05) is 24.3 Å². The first kappa shape index (κ1) is 15.0. The third-order valence-corrected chi connectivity index (χ3v) is 5.08. The van der Waals surface area contributed by atoms with Gasteiger partial charge in [0.05, 0.1) is 0 Å².